The van der Waals surface area contributed by atoms with Gasteiger partial charge in [0.25, 0.3) is 0 Å². The third-order valence-electron chi connectivity index (χ3n) is 6.81. The Bertz CT molecular complexity index is 1120. The Balaban J connectivity index is 1.47. The molecule has 6 nitrogen and oxygen atoms in total. The van der Waals surface area contributed by atoms with Crippen molar-refractivity contribution in [3.05, 3.63) is 64.8 Å². The van der Waals surface area contributed by atoms with E-state index in [1.54, 1.807) is 19.2 Å². The summed E-state index contributed by atoms with van der Waals surface area (Å²) in [5, 5.41) is 10.5. The Morgan fingerprint density at radius 2 is 1.94 bits per heavy atom. The minimum atomic E-state index is -0.897. The summed E-state index contributed by atoms with van der Waals surface area (Å²) in [4.78, 5) is 17.2. The number of rotatable bonds is 7. The van der Waals surface area contributed by atoms with Crippen molar-refractivity contribution in [3.8, 4) is 5.75 Å². The maximum absolute atomic E-state index is 11.3. The number of aryl methyl sites for hydroxylation is 1. The van der Waals surface area contributed by atoms with Crippen molar-refractivity contribution in [2.75, 3.05) is 13.7 Å². The minimum absolute atomic E-state index is 0.162. The molecule has 2 atom stereocenters. The van der Waals surface area contributed by atoms with E-state index in [2.05, 4.69) is 28.9 Å². The van der Waals surface area contributed by atoms with E-state index in [0.29, 0.717) is 11.7 Å². The molecule has 1 saturated carbocycles. The van der Waals surface area contributed by atoms with E-state index in [9.17, 15) is 9.90 Å². The highest BCUT2D eigenvalue weighted by Crippen LogP contribution is 2.39. The predicted molar refractivity (Wildman–Crippen MR) is 123 cm³/mol. The number of aromatic carboxylic acids is 1. The van der Waals surface area contributed by atoms with Crippen LogP contribution in [-0.4, -0.2) is 46.8 Å². The molecule has 5 rings (SSSR count). The first-order valence-electron chi connectivity index (χ1n) is 11.4. The highest BCUT2D eigenvalue weighted by Gasteiger charge is 2.34. The number of carboxylic acid groups (broad SMARTS) is 1. The van der Waals surface area contributed by atoms with Crippen LogP contribution >= 0.6 is 0 Å². The van der Waals surface area contributed by atoms with Gasteiger partial charge in [0.05, 0.1) is 24.9 Å². The quantitative estimate of drug-likeness (QED) is 0.543. The molecule has 1 aromatic heterocycles. The number of nitrogens with zero attached hydrogens (tertiary/aromatic N) is 1. The lowest BCUT2D eigenvalue weighted by molar-refractivity contribution is -0.0274. The fourth-order valence-corrected chi connectivity index (χ4v) is 4.95. The summed E-state index contributed by atoms with van der Waals surface area (Å²) < 4.78 is 12.1. The van der Waals surface area contributed by atoms with Gasteiger partial charge in [-0.15, -0.1) is 0 Å². The molecule has 1 aliphatic carbocycles. The van der Waals surface area contributed by atoms with Gasteiger partial charge in [0.2, 0.25) is 0 Å². The molecule has 168 valence electrons. The standard InChI is InChI=1S/C26H30N2O4/c1-16-13-24(31-2)22(21-9-11-27-25(16)21)15-28-12-10-20(32-19-7-8-19)14-23(28)17-3-5-18(6-4-17)26(29)30/h3-6,9,11,13,19-20,23,27H,7-8,10,12,14-15H2,1-2H3,(H,29,30)/t20-,23-/m1/s1. The second-order valence-corrected chi connectivity index (χ2v) is 9.04. The summed E-state index contributed by atoms with van der Waals surface area (Å²) in [6, 6.07) is 11.7. The van der Waals surface area contributed by atoms with Gasteiger partial charge in [-0.25, -0.2) is 4.79 Å². The van der Waals surface area contributed by atoms with Crippen LogP contribution in [0.5, 0.6) is 5.75 Å². The van der Waals surface area contributed by atoms with Crippen LogP contribution in [0.1, 0.15) is 58.8 Å². The van der Waals surface area contributed by atoms with Crippen LogP contribution in [0.25, 0.3) is 10.9 Å². The van der Waals surface area contributed by atoms with Crippen LogP contribution in [0.2, 0.25) is 0 Å². The zero-order chi connectivity index (χ0) is 22.2. The average Bonchev–Trinajstić information content (AvgIpc) is 3.47. The van der Waals surface area contributed by atoms with Crippen LogP contribution in [0.3, 0.4) is 0 Å². The van der Waals surface area contributed by atoms with Gasteiger partial charge in [-0.05, 0) is 68.0 Å². The Morgan fingerprint density at radius 3 is 2.62 bits per heavy atom. The number of likely N-dealkylation sites (tertiary alicyclic amines) is 1. The normalized spacial score (nSPS) is 21.7. The molecule has 0 bridgehead atoms. The smallest absolute Gasteiger partial charge is 0.335 e. The summed E-state index contributed by atoms with van der Waals surface area (Å²) in [6.45, 7) is 3.78. The Hall–Kier alpha value is -2.83. The topological polar surface area (TPSA) is 74.8 Å². The van der Waals surface area contributed by atoms with Crippen LogP contribution in [0, 0.1) is 6.92 Å². The van der Waals surface area contributed by atoms with Crippen molar-refractivity contribution >= 4 is 16.9 Å². The Labute approximate surface area is 188 Å². The first-order chi connectivity index (χ1) is 15.5. The van der Waals surface area contributed by atoms with Crippen molar-refractivity contribution in [2.24, 2.45) is 0 Å². The summed E-state index contributed by atoms with van der Waals surface area (Å²) in [5.74, 6) is 0.0113. The van der Waals surface area contributed by atoms with Gasteiger partial charge in [0.15, 0.2) is 0 Å². The highest BCUT2D eigenvalue weighted by molar-refractivity contribution is 5.88. The van der Waals surface area contributed by atoms with Crippen molar-refractivity contribution in [1.82, 2.24) is 9.88 Å². The van der Waals surface area contributed by atoms with Crippen LogP contribution in [0.4, 0.5) is 0 Å². The number of methoxy groups -OCH3 is 1. The zero-order valence-corrected chi connectivity index (χ0v) is 18.6. The summed E-state index contributed by atoms with van der Waals surface area (Å²) in [7, 11) is 1.73. The molecule has 0 unspecified atom stereocenters. The third-order valence-corrected chi connectivity index (χ3v) is 6.81. The van der Waals surface area contributed by atoms with Gasteiger partial charge in [-0.3, -0.25) is 4.90 Å². The van der Waals surface area contributed by atoms with Crippen LogP contribution in [0.15, 0.2) is 42.6 Å². The molecule has 2 aliphatic rings. The number of ether oxygens (including phenoxy) is 2. The second-order valence-electron chi connectivity index (χ2n) is 9.04. The molecule has 2 heterocycles. The average molecular weight is 435 g/mol. The van der Waals surface area contributed by atoms with E-state index in [4.69, 9.17) is 9.47 Å². The monoisotopic (exact) mass is 434 g/mol. The highest BCUT2D eigenvalue weighted by atomic mass is 16.5. The van der Waals surface area contributed by atoms with Gasteiger partial charge in [0, 0.05) is 41.8 Å². The molecular formula is C26H30N2O4. The van der Waals surface area contributed by atoms with Gasteiger partial charge in [-0.2, -0.15) is 0 Å². The molecule has 1 saturated heterocycles. The molecule has 2 aromatic carbocycles. The maximum atomic E-state index is 11.3. The maximum Gasteiger partial charge on any atom is 0.335 e. The lowest BCUT2D eigenvalue weighted by Gasteiger charge is -2.40. The molecule has 0 spiro atoms. The molecule has 3 aromatic rings. The minimum Gasteiger partial charge on any atom is -0.496 e. The van der Waals surface area contributed by atoms with Crippen LogP contribution in [-0.2, 0) is 11.3 Å². The number of carbonyl (C=O) groups is 1. The van der Waals surface area contributed by atoms with Gasteiger partial charge in [-0.1, -0.05) is 12.1 Å². The number of piperidine rings is 1. The molecule has 2 N–H and O–H groups in total. The van der Waals surface area contributed by atoms with E-state index < -0.39 is 5.97 Å². The lowest BCUT2D eigenvalue weighted by atomic mass is 9.91. The van der Waals surface area contributed by atoms with Gasteiger partial charge < -0.3 is 19.6 Å². The number of aromatic amines is 1. The number of carboxylic acids is 1. The van der Waals surface area contributed by atoms with Gasteiger partial charge >= 0.3 is 5.97 Å². The first kappa shape index (κ1) is 21.0. The van der Waals surface area contributed by atoms with Crippen LogP contribution < -0.4 is 4.74 Å². The molecule has 0 radical (unpaired) electrons. The van der Waals surface area contributed by atoms with E-state index in [1.165, 1.54) is 29.4 Å². The summed E-state index contributed by atoms with van der Waals surface area (Å²) in [5.41, 5.74) is 4.95. The fourth-order valence-electron chi connectivity index (χ4n) is 4.95. The number of nitrogens with one attached hydrogen (secondary N) is 1. The second kappa shape index (κ2) is 8.60. The zero-order valence-electron chi connectivity index (χ0n) is 18.6. The van der Waals surface area contributed by atoms with E-state index in [0.717, 1.165) is 42.8 Å². The van der Waals surface area contributed by atoms with Gasteiger partial charge in [0.1, 0.15) is 5.75 Å². The lowest BCUT2D eigenvalue weighted by Crippen LogP contribution is -2.39. The predicted octanol–water partition coefficient (Wildman–Crippen LogP) is 5.07. The number of hydrogen-bond acceptors (Lipinski definition) is 4. The SMILES string of the molecule is COc1cc(C)c2[nH]ccc2c1CN1CC[C@@H](OC2CC2)C[C@@H]1c1ccc(C(=O)O)cc1. The summed E-state index contributed by atoms with van der Waals surface area (Å²) >= 11 is 0. The number of H-pyrrole nitrogens is 1. The molecule has 32 heavy (non-hydrogen) atoms. The van der Waals surface area contributed by atoms with Crippen molar-refractivity contribution in [3.63, 3.8) is 0 Å². The summed E-state index contributed by atoms with van der Waals surface area (Å²) in [6.07, 6.45) is 6.92. The van der Waals surface area contributed by atoms with E-state index in [1.807, 2.05) is 18.3 Å². The molecule has 0 amide bonds. The third kappa shape index (κ3) is 4.12. The molecule has 6 heteroatoms. The molecule has 2 fully saturated rings. The number of aromatic nitrogens is 1. The Kier molecular flexibility index (Phi) is 5.66. The first-order valence-corrected chi connectivity index (χ1v) is 11.4. The van der Waals surface area contributed by atoms with Crippen molar-refractivity contribution in [2.45, 2.75) is 57.4 Å². The Morgan fingerprint density at radius 1 is 1.16 bits per heavy atom. The number of hydrogen-bond donors (Lipinski definition) is 2. The van der Waals surface area contributed by atoms with Crippen molar-refractivity contribution < 1.29 is 19.4 Å². The largest absolute Gasteiger partial charge is 0.496 e. The fraction of sp³-hybridized carbons (Fsp3) is 0.423. The van der Waals surface area contributed by atoms with E-state index >= 15 is 0 Å². The van der Waals surface area contributed by atoms with E-state index in [-0.39, 0.29) is 12.1 Å². The molecular weight excluding hydrogens is 404 g/mol. The number of benzene rings is 2. The number of fused-ring (bicyclic) bond motifs is 1. The van der Waals surface area contributed by atoms with Crippen molar-refractivity contribution in [1.29, 1.82) is 0 Å². The molecule has 1 aliphatic heterocycles.